The quantitative estimate of drug-likeness (QED) is 0.695. The normalized spacial score (nSPS) is 18.0. The van der Waals surface area contributed by atoms with Crippen molar-refractivity contribution in [3.05, 3.63) is 17.0 Å². The van der Waals surface area contributed by atoms with Crippen LogP contribution in [0.3, 0.4) is 0 Å². The van der Waals surface area contributed by atoms with E-state index in [-0.39, 0.29) is 0 Å². The first-order valence-electron chi connectivity index (χ1n) is 9.56. The third-order valence-corrected chi connectivity index (χ3v) is 5.55. The van der Waals surface area contributed by atoms with Gasteiger partial charge in [0.05, 0.1) is 24.0 Å². The van der Waals surface area contributed by atoms with E-state index < -0.39 is 0 Å². The molecule has 2 rings (SSSR count). The zero-order valence-corrected chi connectivity index (χ0v) is 16.0. The van der Waals surface area contributed by atoms with E-state index in [2.05, 4.69) is 32.4 Å². The molecule has 0 saturated heterocycles. The molecule has 0 spiro atoms. The van der Waals surface area contributed by atoms with E-state index in [0.717, 1.165) is 6.42 Å². The monoisotopic (exact) mass is 320 g/mol. The number of hydrogen-bond donors (Lipinski definition) is 0. The van der Waals surface area contributed by atoms with Crippen molar-refractivity contribution in [3.8, 4) is 0 Å². The molecule has 1 heterocycles. The second kappa shape index (κ2) is 8.32. The highest BCUT2D eigenvalue weighted by atomic mass is 16.5. The Morgan fingerprint density at radius 2 is 1.78 bits per heavy atom. The number of nitrogens with zero attached hydrogens (tertiary/aromatic N) is 2. The average Bonchev–Trinajstić information content (AvgIpc) is 2.88. The van der Waals surface area contributed by atoms with Crippen LogP contribution in [-0.4, -0.2) is 16.9 Å². The van der Waals surface area contributed by atoms with E-state index in [9.17, 15) is 0 Å². The minimum atomic E-state index is 0.363. The molecule has 23 heavy (non-hydrogen) atoms. The summed E-state index contributed by atoms with van der Waals surface area (Å²) < 4.78 is 7.84. The summed E-state index contributed by atoms with van der Waals surface area (Å²) in [5.74, 6) is 0. The van der Waals surface area contributed by atoms with Gasteiger partial charge in [-0.05, 0) is 50.0 Å². The highest BCUT2D eigenvalue weighted by Gasteiger charge is 2.25. The minimum absolute atomic E-state index is 0.363. The fourth-order valence-electron chi connectivity index (χ4n) is 3.85. The number of hydrogen-bond acceptors (Lipinski definition) is 2. The number of ether oxygens (including phenoxy) is 1. The first kappa shape index (κ1) is 18.5. The largest absolute Gasteiger partial charge is 0.378 e. The van der Waals surface area contributed by atoms with Gasteiger partial charge in [0, 0.05) is 7.11 Å². The fourth-order valence-corrected chi connectivity index (χ4v) is 3.85. The van der Waals surface area contributed by atoms with Crippen molar-refractivity contribution in [1.29, 1.82) is 0 Å². The van der Waals surface area contributed by atoms with E-state index >= 15 is 0 Å². The van der Waals surface area contributed by atoms with E-state index in [1.807, 2.05) is 0 Å². The Hall–Kier alpha value is -0.830. The van der Waals surface area contributed by atoms with E-state index in [1.165, 1.54) is 68.3 Å². The van der Waals surface area contributed by atoms with Crippen LogP contribution < -0.4 is 0 Å². The summed E-state index contributed by atoms with van der Waals surface area (Å²) in [6.45, 7) is 10.0. The predicted octanol–water partition coefficient (Wildman–Crippen LogP) is 5.47. The van der Waals surface area contributed by atoms with Crippen molar-refractivity contribution in [3.63, 3.8) is 0 Å². The van der Waals surface area contributed by atoms with Crippen LogP contribution in [-0.2, 0) is 24.2 Å². The van der Waals surface area contributed by atoms with Crippen LogP contribution in [0.5, 0.6) is 0 Å². The molecular weight excluding hydrogens is 284 g/mol. The molecule has 3 nitrogen and oxygen atoms in total. The lowest BCUT2D eigenvalue weighted by molar-refractivity contribution is 0.169. The molecule has 0 radical (unpaired) electrons. The van der Waals surface area contributed by atoms with Gasteiger partial charge in [-0.15, -0.1) is 0 Å². The van der Waals surface area contributed by atoms with Gasteiger partial charge in [-0.2, -0.15) is 5.10 Å². The SMILES string of the molecule is CCC(C)(C)CC(C)n1nc2c(c1COC)CCCCCCC2. The van der Waals surface area contributed by atoms with Gasteiger partial charge in [-0.1, -0.05) is 46.5 Å². The van der Waals surface area contributed by atoms with Crippen molar-refractivity contribution in [2.75, 3.05) is 7.11 Å². The van der Waals surface area contributed by atoms with Crippen molar-refractivity contribution in [2.45, 2.75) is 98.1 Å². The summed E-state index contributed by atoms with van der Waals surface area (Å²) in [5.41, 5.74) is 4.54. The minimum Gasteiger partial charge on any atom is -0.378 e. The molecule has 1 aromatic rings. The third-order valence-electron chi connectivity index (χ3n) is 5.55. The average molecular weight is 321 g/mol. The van der Waals surface area contributed by atoms with E-state index in [1.54, 1.807) is 7.11 Å². The van der Waals surface area contributed by atoms with Crippen molar-refractivity contribution < 1.29 is 4.74 Å². The number of fused-ring (bicyclic) bond motifs is 1. The highest BCUT2D eigenvalue weighted by molar-refractivity contribution is 5.27. The lowest BCUT2D eigenvalue weighted by Gasteiger charge is -2.27. The maximum Gasteiger partial charge on any atom is 0.0884 e. The van der Waals surface area contributed by atoms with Crippen LogP contribution in [0.15, 0.2) is 0 Å². The topological polar surface area (TPSA) is 27.1 Å². The Morgan fingerprint density at radius 3 is 2.43 bits per heavy atom. The first-order chi connectivity index (χ1) is 11.0. The van der Waals surface area contributed by atoms with Crippen molar-refractivity contribution in [2.24, 2.45) is 5.41 Å². The molecule has 3 heteroatoms. The molecule has 1 aliphatic carbocycles. The molecule has 1 unspecified atom stereocenters. The molecule has 1 atom stereocenters. The lowest BCUT2D eigenvalue weighted by Crippen LogP contribution is -2.20. The lowest BCUT2D eigenvalue weighted by atomic mass is 9.84. The Bertz CT molecular complexity index is 490. The Balaban J connectivity index is 2.31. The smallest absolute Gasteiger partial charge is 0.0884 e. The van der Waals surface area contributed by atoms with Gasteiger partial charge < -0.3 is 4.74 Å². The van der Waals surface area contributed by atoms with E-state index in [0.29, 0.717) is 18.1 Å². The first-order valence-corrected chi connectivity index (χ1v) is 9.56. The second-order valence-electron chi connectivity index (χ2n) is 8.09. The number of rotatable bonds is 6. The number of methoxy groups -OCH3 is 1. The second-order valence-corrected chi connectivity index (χ2v) is 8.09. The summed E-state index contributed by atoms with van der Waals surface area (Å²) in [7, 11) is 1.81. The maximum absolute atomic E-state index is 5.54. The molecule has 0 aromatic carbocycles. The van der Waals surface area contributed by atoms with Crippen LogP contribution in [0.2, 0.25) is 0 Å². The fraction of sp³-hybridized carbons (Fsp3) is 0.850. The van der Waals surface area contributed by atoms with Crippen LogP contribution in [0, 0.1) is 5.41 Å². The molecule has 0 fully saturated rings. The van der Waals surface area contributed by atoms with Crippen LogP contribution in [0.25, 0.3) is 0 Å². The van der Waals surface area contributed by atoms with Crippen LogP contribution in [0.4, 0.5) is 0 Å². The molecule has 0 N–H and O–H groups in total. The standard InChI is InChI=1S/C20H36N2O/c1-6-20(3,4)14-16(2)22-19(15-23-5)17-12-10-8-7-9-11-13-18(17)21-22/h16H,6-15H2,1-5H3. The molecule has 0 saturated carbocycles. The van der Waals surface area contributed by atoms with Crippen molar-refractivity contribution >= 4 is 0 Å². The van der Waals surface area contributed by atoms with Crippen LogP contribution >= 0.6 is 0 Å². The summed E-state index contributed by atoms with van der Waals surface area (Å²) in [6, 6.07) is 0.436. The van der Waals surface area contributed by atoms with Gasteiger partial charge in [0.2, 0.25) is 0 Å². The molecule has 0 aliphatic heterocycles. The van der Waals surface area contributed by atoms with Gasteiger partial charge in [0.25, 0.3) is 0 Å². The summed E-state index contributed by atoms with van der Waals surface area (Å²) in [6.07, 6.45) is 11.4. The molecule has 1 aliphatic rings. The van der Waals surface area contributed by atoms with Gasteiger partial charge in [-0.3, -0.25) is 4.68 Å². The highest BCUT2D eigenvalue weighted by Crippen LogP contribution is 2.33. The predicted molar refractivity (Wildman–Crippen MR) is 96.8 cm³/mol. The molecular formula is C20H36N2O. The van der Waals surface area contributed by atoms with Gasteiger partial charge >= 0.3 is 0 Å². The summed E-state index contributed by atoms with van der Waals surface area (Å²) in [4.78, 5) is 0. The molecule has 1 aromatic heterocycles. The van der Waals surface area contributed by atoms with Crippen LogP contribution in [0.1, 0.15) is 95.6 Å². The zero-order chi connectivity index (χ0) is 16.9. The van der Waals surface area contributed by atoms with Crippen molar-refractivity contribution in [1.82, 2.24) is 9.78 Å². The maximum atomic E-state index is 5.54. The Morgan fingerprint density at radius 1 is 1.13 bits per heavy atom. The summed E-state index contributed by atoms with van der Waals surface area (Å²) >= 11 is 0. The van der Waals surface area contributed by atoms with Gasteiger partial charge in [0.15, 0.2) is 0 Å². The Kier molecular flexibility index (Phi) is 6.70. The number of aromatic nitrogens is 2. The number of aryl methyl sites for hydroxylation is 1. The molecule has 0 bridgehead atoms. The zero-order valence-electron chi connectivity index (χ0n) is 16.0. The third kappa shape index (κ3) is 4.82. The van der Waals surface area contributed by atoms with Gasteiger partial charge in [-0.25, -0.2) is 0 Å². The Labute approximate surface area is 142 Å². The molecule has 0 amide bonds. The molecule has 132 valence electrons. The van der Waals surface area contributed by atoms with E-state index in [4.69, 9.17) is 9.84 Å². The summed E-state index contributed by atoms with van der Waals surface area (Å²) in [5, 5.41) is 5.07. The van der Waals surface area contributed by atoms with Gasteiger partial charge in [0.1, 0.15) is 0 Å².